The summed E-state index contributed by atoms with van der Waals surface area (Å²) in [6.45, 7) is 1.74. The monoisotopic (exact) mass is 422 g/mol. The minimum atomic E-state index is -0.406. The van der Waals surface area contributed by atoms with Crippen LogP contribution in [-0.4, -0.2) is 47.2 Å². The van der Waals surface area contributed by atoms with Gasteiger partial charge in [-0.1, -0.05) is 0 Å². The number of benzene rings is 1. The predicted molar refractivity (Wildman–Crippen MR) is 112 cm³/mol. The van der Waals surface area contributed by atoms with Crippen LogP contribution in [0.5, 0.6) is 17.4 Å². The summed E-state index contributed by atoms with van der Waals surface area (Å²) in [5.74, 6) is 1.29. The number of nitrogen functional groups attached to an aromatic ring is 1. The first-order valence-electron chi connectivity index (χ1n) is 9.51. The average molecular weight is 422 g/mol. The number of aryl methyl sites for hydroxylation is 1. The van der Waals surface area contributed by atoms with Crippen molar-refractivity contribution in [2.75, 3.05) is 27.1 Å². The fourth-order valence-electron chi connectivity index (χ4n) is 3.74. The summed E-state index contributed by atoms with van der Waals surface area (Å²) in [5, 5.41) is 3.04. The molecule has 0 spiro atoms. The van der Waals surface area contributed by atoms with E-state index in [1.54, 1.807) is 33.4 Å². The molecule has 160 valence electrons. The Morgan fingerprint density at radius 2 is 1.77 bits per heavy atom. The number of methoxy groups -OCH3 is 3. The molecule has 3 heterocycles. The standard InChI is InChI=1S/C21H22N6O4/c1-10-19-14(27-21(22)24-10)7-13(26-20(19)28)11-5-16(29-2)17(30-3)6-12(11)15-8-23-9-18(25-15)31-4/h5-6,8-9,13H,7H2,1-4H3,(H,26,28)(H2,22,24,27)/t13-/m1/s1. The van der Waals surface area contributed by atoms with Gasteiger partial charge in [0.1, 0.15) is 0 Å². The molecule has 4 rings (SSSR count). The predicted octanol–water partition coefficient (Wildman–Crippen LogP) is 1.88. The average Bonchev–Trinajstić information content (AvgIpc) is 2.77. The maximum absolute atomic E-state index is 12.9. The van der Waals surface area contributed by atoms with E-state index in [-0.39, 0.29) is 11.9 Å². The van der Waals surface area contributed by atoms with E-state index in [2.05, 4.69) is 25.3 Å². The van der Waals surface area contributed by atoms with Crippen LogP contribution in [0.2, 0.25) is 0 Å². The lowest BCUT2D eigenvalue weighted by atomic mass is 9.90. The Hall–Kier alpha value is -3.95. The molecule has 1 aliphatic heterocycles. The summed E-state index contributed by atoms with van der Waals surface area (Å²) in [4.78, 5) is 30.0. The zero-order valence-corrected chi connectivity index (χ0v) is 17.6. The van der Waals surface area contributed by atoms with E-state index in [0.29, 0.717) is 46.4 Å². The van der Waals surface area contributed by atoms with E-state index in [0.717, 1.165) is 11.1 Å². The van der Waals surface area contributed by atoms with E-state index in [4.69, 9.17) is 19.9 Å². The number of aromatic nitrogens is 4. The molecule has 10 heteroatoms. The molecular formula is C21H22N6O4. The number of rotatable bonds is 5. The van der Waals surface area contributed by atoms with Gasteiger partial charge in [-0.3, -0.25) is 9.78 Å². The number of anilines is 1. The van der Waals surface area contributed by atoms with E-state index in [9.17, 15) is 4.79 Å². The molecule has 0 aliphatic carbocycles. The maximum atomic E-state index is 12.9. The normalized spacial score (nSPS) is 15.1. The lowest BCUT2D eigenvalue weighted by Gasteiger charge is -2.28. The summed E-state index contributed by atoms with van der Waals surface area (Å²) in [7, 11) is 4.63. The van der Waals surface area contributed by atoms with Crippen molar-refractivity contribution >= 4 is 11.9 Å². The summed E-state index contributed by atoms with van der Waals surface area (Å²) in [6, 6.07) is 3.22. The molecule has 1 atom stereocenters. The number of ether oxygens (including phenoxy) is 3. The Balaban J connectivity index is 1.88. The van der Waals surface area contributed by atoms with Gasteiger partial charge in [-0.25, -0.2) is 15.0 Å². The van der Waals surface area contributed by atoms with Crippen molar-refractivity contribution in [2.24, 2.45) is 0 Å². The number of fused-ring (bicyclic) bond motifs is 1. The Kier molecular flexibility index (Phi) is 5.28. The SMILES string of the molecule is COc1cncc(-c2cc(OC)c(OC)cc2[C@H]2Cc3nc(N)nc(C)c3C(=O)N2)n1. The second-order valence-electron chi connectivity index (χ2n) is 6.96. The highest BCUT2D eigenvalue weighted by Crippen LogP contribution is 2.40. The van der Waals surface area contributed by atoms with Gasteiger partial charge in [0.05, 0.1) is 62.4 Å². The first-order valence-corrected chi connectivity index (χ1v) is 9.51. The van der Waals surface area contributed by atoms with Crippen LogP contribution in [0.25, 0.3) is 11.3 Å². The molecule has 1 aliphatic rings. The van der Waals surface area contributed by atoms with Crippen LogP contribution >= 0.6 is 0 Å². The van der Waals surface area contributed by atoms with Crippen molar-refractivity contribution in [3.63, 3.8) is 0 Å². The van der Waals surface area contributed by atoms with Gasteiger partial charge < -0.3 is 25.3 Å². The molecule has 1 amide bonds. The Bertz CT molecular complexity index is 1170. The van der Waals surface area contributed by atoms with Crippen molar-refractivity contribution < 1.29 is 19.0 Å². The van der Waals surface area contributed by atoms with E-state index < -0.39 is 6.04 Å². The quantitative estimate of drug-likeness (QED) is 0.632. The molecule has 0 saturated heterocycles. The largest absolute Gasteiger partial charge is 0.493 e. The van der Waals surface area contributed by atoms with E-state index in [1.807, 2.05) is 6.07 Å². The first-order chi connectivity index (χ1) is 14.9. The molecule has 10 nitrogen and oxygen atoms in total. The fraction of sp³-hybridized carbons (Fsp3) is 0.286. The number of nitrogens with zero attached hydrogens (tertiary/aromatic N) is 4. The van der Waals surface area contributed by atoms with Crippen LogP contribution in [0.15, 0.2) is 24.5 Å². The number of hydrogen-bond donors (Lipinski definition) is 2. The van der Waals surface area contributed by atoms with Crippen LogP contribution in [-0.2, 0) is 6.42 Å². The third-order valence-electron chi connectivity index (χ3n) is 5.14. The van der Waals surface area contributed by atoms with Crippen molar-refractivity contribution in [3.05, 3.63) is 47.0 Å². The highest BCUT2D eigenvalue weighted by atomic mass is 16.5. The summed E-state index contributed by atoms with van der Waals surface area (Å²) < 4.78 is 16.2. The highest BCUT2D eigenvalue weighted by molar-refractivity contribution is 5.98. The van der Waals surface area contributed by atoms with Crippen LogP contribution in [0, 0.1) is 6.92 Å². The molecule has 0 saturated carbocycles. The Labute approximate surface area is 178 Å². The summed E-state index contributed by atoms with van der Waals surface area (Å²) >= 11 is 0. The van der Waals surface area contributed by atoms with Gasteiger partial charge in [0.25, 0.3) is 5.91 Å². The number of carbonyl (C=O) groups is 1. The molecule has 2 aromatic heterocycles. The van der Waals surface area contributed by atoms with Crippen LogP contribution < -0.4 is 25.3 Å². The first kappa shape index (κ1) is 20.3. The summed E-state index contributed by atoms with van der Waals surface area (Å²) in [5.41, 5.74) is 9.47. The van der Waals surface area contributed by atoms with Gasteiger partial charge in [-0.05, 0) is 24.6 Å². The van der Waals surface area contributed by atoms with Crippen molar-refractivity contribution in [2.45, 2.75) is 19.4 Å². The van der Waals surface area contributed by atoms with E-state index in [1.165, 1.54) is 13.3 Å². The third kappa shape index (κ3) is 3.67. The minimum absolute atomic E-state index is 0.135. The lowest BCUT2D eigenvalue weighted by Crippen LogP contribution is -2.37. The number of carbonyl (C=O) groups excluding carboxylic acids is 1. The fourth-order valence-corrected chi connectivity index (χ4v) is 3.74. The van der Waals surface area contributed by atoms with Gasteiger partial charge in [0.2, 0.25) is 11.8 Å². The maximum Gasteiger partial charge on any atom is 0.255 e. The molecule has 31 heavy (non-hydrogen) atoms. The molecular weight excluding hydrogens is 400 g/mol. The smallest absolute Gasteiger partial charge is 0.255 e. The van der Waals surface area contributed by atoms with Crippen LogP contribution in [0.3, 0.4) is 0 Å². The van der Waals surface area contributed by atoms with E-state index >= 15 is 0 Å². The number of amides is 1. The number of hydrogen-bond acceptors (Lipinski definition) is 9. The molecule has 0 fully saturated rings. The third-order valence-corrected chi connectivity index (χ3v) is 5.14. The zero-order chi connectivity index (χ0) is 22.1. The van der Waals surface area contributed by atoms with Crippen molar-refractivity contribution in [1.82, 2.24) is 25.3 Å². The number of nitrogens with one attached hydrogen (secondary N) is 1. The minimum Gasteiger partial charge on any atom is -0.493 e. The van der Waals surface area contributed by atoms with Gasteiger partial charge in [-0.2, -0.15) is 0 Å². The molecule has 0 bridgehead atoms. The second-order valence-corrected chi connectivity index (χ2v) is 6.96. The van der Waals surface area contributed by atoms with Gasteiger partial charge >= 0.3 is 0 Å². The van der Waals surface area contributed by atoms with Crippen molar-refractivity contribution in [1.29, 1.82) is 0 Å². The van der Waals surface area contributed by atoms with Crippen molar-refractivity contribution in [3.8, 4) is 28.6 Å². The Morgan fingerprint density at radius 1 is 1.03 bits per heavy atom. The summed E-state index contributed by atoms with van der Waals surface area (Å²) in [6.07, 6.45) is 3.57. The highest BCUT2D eigenvalue weighted by Gasteiger charge is 2.31. The topological polar surface area (TPSA) is 134 Å². The van der Waals surface area contributed by atoms with Gasteiger partial charge in [0.15, 0.2) is 11.5 Å². The lowest BCUT2D eigenvalue weighted by molar-refractivity contribution is 0.0922. The molecule has 1 aromatic carbocycles. The molecule has 3 N–H and O–H groups in total. The second kappa shape index (κ2) is 8.05. The van der Waals surface area contributed by atoms with Crippen LogP contribution in [0.1, 0.15) is 33.4 Å². The zero-order valence-electron chi connectivity index (χ0n) is 17.6. The van der Waals surface area contributed by atoms with Gasteiger partial charge in [-0.15, -0.1) is 0 Å². The Morgan fingerprint density at radius 3 is 2.48 bits per heavy atom. The van der Waals surface area contributed by atoms with Gasteiger partial charge in [0, 0.05) is 12.0 Å². The molecule has 0 radical (unpaired) electrons. The molecule has 3 aromatic rings. The number of nitrogens with two attached hydrogens (primary N) is 1. The molecule has 0 unspecified atom stereocenters. The van der Waals surface area contributed by atoms with Crippen LogP contribution in [0.4, 0.5) is 5.95 Å².